The minimum atomic E-state index is -4.39. The van der Waals surface area contributed by atoms with Crippen molar-refractivity contribution in [3.05, 3.63) is 72.9 Å². The van der Waals surface area contributed by atoms with E-state index >= 15 is 0 Å². The first-order valence-electron chi connectivity index (χ1n) is 31.2. The van der Waals surface area contributed by atoms with Crippen LogP contribution >= 0.6 is 7.82 Å². The summed E-state index contributed by atoms with van der Waals surface area (Å²) in [5, 5.41) is 0. The topological polar surface area (TPSA) is 108 Å². The van der Waals surface area contributed by atoms with Gasteiger partial charge in [-0.15, -0.1) is 0 Å². The SMILES string of the molecule is CC/C=C\C/C=C\C/C=C\C/C=C\CCCCCCCCCCCCCCCCCCCCCCCCCCC(=O)OC(COC(=O)CCCCCCC/C=C\C/C=C\CCCC)COP(=O)(O)OCC[N+](C)(C)C. The van der Waals surface area contributed by atoms with Gasteiger partial charge in [-0.05, 0) is 77.0 Å². The number of likely N-dealkylation sites (N-methyl/N-ethyl adjacent to an activating group) is 1. The molecule has 0 saturated carbocycles. The molecule has 0 saturated heterocycles. The van der Waals surface area contributed by atoms with Gasteiger partial charge in [0.05, 0.1) is 27.7 Å². The molecule has 0 aliphatic carbocycles. The fourth-order valence-corrected chi connectivity index (χ4v) is 9.41. The van der Waals surface area contributed by atoms with Gasteiger partial charge in [-0.25, -0.2) is 4.57 Å². The lowest BCUT2D eigenvalue weighted by molar-refractivity contribution is -0.870. The van der Waals surface area contributed by atoms with Crippen LogP contribution in [0.2, 0.25) is 0 Å². The Morgan fingerprint density at radius 3 is 1.13 bits per heavy atom. The first-order valence-corrected chi connectivity index (χ1v) is 32.7. The second kappa shape index (κ2) is 56.2. The van der Waals surface area contributed by atoms with Crippen molar-refractivity contribution in [2.24, 2.45) is 0 Å². The number of nitrogens with zero attached hydrogens (tertiary/aromatic N) is 1. The van der Waals surface area contributed by atoms with Gasteiger partial charge in [0.15, 0.2) is 6.10 Å². The highest BCUT2D eigenvalue weighted by molar-refractivity contribution is 7.47. The number of unbranched alkanes of at least 4 members (excludes halogenated alkanes) is 31. The summed E-state index contributed by atoms with van der Waals surface area (Å²) in [6, 6.07) is 0. The maximum absolute atomic E-state index is 12.8. The lowest BCUT2D eigenvalue weighted by Crippen LogP contribution is -2.37. The molecule has 0 heterocycles. The lowest BCUT2D eigenvalue weighted by atomic mass is 10.0. The molecule has 436 valence electrons. The average molecular weight is 1070 g/mol. The highest BCUT2D eigenvalue weighted by Gasteiger charge is 2.27. The molecule has 1 N–H and O–H groups in total. The van der Waals surface area contributed by atoms with Crippen molar-refractivity contribution >= 4 is 19.8 Å². The van der Waals surface area contributed by atoms with Gasteiger partial charge < -0.3 is 18.9 Å². The van der Waals surface area contributed by atoms with E-state index in [0.717, 1.165) is 83.5 Å². The fourth-order valence-electron chi connectivity index (χ4n) is 8.67. The van der Waals surface area contributed by atoms with Crippen LogP contribution < -0.4 is 0 Å². The summed E-state index contributed by atoms with van der Waals surface area (Å²) in [7, 11) is 1.47. The molecule has 0 bridgehead atoms. The van der Waals surface area contributed by atoms with Crippen LogP contribution in [0.1, 0.15) is 277 Å². The Kier molecular flexibility index (Phi) is 54.3. The molecule has 75 heavy (non-hydrogen) atoms. The number of esters is 2. The standard InChI is InChI=1S/C65H118NO8P/c1-6-8-10-12-14-16-18-20-22-23-24-25-26-27-28-29-30-31-32-33-34-35-36-37-38-39-40-41-42-43-44-46-48-50-52-54-56-58-65(68)74-63(62-73-75(69,70)72-60-59-66(3,4)5)61-71-64(67)57-55-53-51-49-47-45-21-19-17-15-13-11-9-7-2/h8,10,13-16,19-22,24-25,63H,6-7,9,11-12,17-18,23,26-62H2,1-5H3/p+1/b10-8-,15-13-,16-14-,21-19-,22-20-,25-24-. The number of phosphoric ester groups is 1. The third-order valence-electron chi connectivity index (χ3n) is 13.5. The van der Waals surface area contributed by atoms with Gasteiger partial charge in [-0.1, -0.05) is 260 Å². The van der Waals surface area contributed by atoms with E-state index in [-0.39, 0.29) is 32.0 Å². The maximum Gasteiger partial charge on any atom is 0.472 e. The van der Waals surface area contributed by atoms with Gasteiger partial charge >= 0.3 is 19.8 Å². The molecule has 0 aromatic heterocycles. The maximum atomic E-state index is 12.8. The van der Waals surface area contributed by atoms with E-state index in [9.17, 15) is 19.0 Å². The van der Waals surface area contributed by atoms with Crippen molar-refractivity contribution in [2.45, 2.75) is 283 Å². The third-order valence-corrected chi connectivity index (χ3v) is 14.5. The Morgan fingerprint density at radius 2 is 0.760 bits per heavy atom. The molecule has 0 spiro atoms. The molecule has 2 unspecified atom stereocenters. The van der Waals surface area contributed by atoms with E-state index in [4.69, 9.17) is 18.5 Å². The second-order valence-electron chi connectivity index (χ2n) is 22.1. The smallest absolute Gasteiger partial charge is 0.462 e. The number of carbonyl (C=O) groups is 2. The number of hydrogen-bond acceptors (Lipinski definition) is 7. The van der Waals surface area contributed by atoms with Crippen molar-refractivity contribution in [1.29, 1.82) is 0 Å². The van der Waals surface area contributed by atoms with Crippen molar-refractivity contribution in [2.75, 3.05) is 47.5 Å². The summed E-state index contributed by atoms with van der Waals surface area (Å²) >= 11 is 0. The van der Waals surface area contributed by atoms with Crippen LogP contribution in [0.4, 0.5) is 0 Å². The zero-order chi connectivity index (χ0) is 54.9. The van der Waals surface area contributed by atoms with Gasteiger partial charge in [0.25, 0.3) is 0 Å². The monoisotopic (exact) mass is 1070 g/mol. The first kappa shape index (κ1) is 72.5. The van der Waals surface area contributed by atoms with Crippen molar-refractivity contribution < 1.29 is 42.1 Å². The Balaban J connectivity index is 3.94. The number of quaternary nitrogens is 1. The van der Waals surface area contributed by atoms with E-state index in [0.29, 0.717) is 17.4 Å². The molecule has 0 amide bonds. The van der Waals surface area contributed by atoms with Crippen LogP contribution in [0.5, 0.6) is 0 Å². The molecule has 0 rings (SSSR count). The van der Waals surface area contributed by atoms with E-state index in [1.165, 1.54) is 161 Å². The lowest BCUT2D eigenvalue weighted by Gasteiger charge is -2.24. The number of rotatable bonds is 57. The van der Waals surface area contributed by atoms with Gasteiger partial charge in [-0.3, -0.25) is 18.6 Å². The summed E-state index contributed by atoms with van der Waals surface area (Å²) < 4.78 is 34.5. The van der Waals surface area contributed by atoms with Crippen LogP contribution in [0, 0.1) is 0 Å². The van der Waals surface area contributed by atoms with Gasteiger partial charge in [-0.2, -0.15) is 0 Å². The van der Waals surface area contributed by atoms with Crippen molar-refractivity contribution in [3.8, 4) is 0 Å². The largest absolute Gasteiger partial charge is 0.472 e. The molecule has 0 aromatic carbocycles. The number of phosphoric acid groups is 1. The molecule has 2 atom stereocenters. The molecule has 0 aliphatic rings. The average Bonchev–Trinajstić information content (AvgIpc) is 3.37. The number of carbonyl (C=O) groups excluding carboxylic acids is 2. The number of ether oxygens (including phenoxy) is 2. The Bertz CT molecular complexity index is 1500. The molecule has 10 heteroatoms. The molecule has 0 aromatic rings. The molecule has 0 radical (unpaired) electrons. The number of allylic oxidation sites excluding steroid dienone is 12. The molecule has 0 aliphatic heterocycles. The first-order chi connectivity index (χ1) is 36.5. The zero-order valence-corrected chi connectivity index (χ0v) is 50.4. The predicted octanol–water partition coefficient (Wildman–Crippen LogP) is 19.7. The minimum absolute atomic E-state index is 0.0292. The predicted molar refractivity (Wildman–Crippen MR) is 321 cm³/mol. The highest BCUT2D eigenvalue weighted by Crippen LogP contribution is 2.43. The van der Waals surface area contributed by atoms with E-state index < -0.39 is 26.5 Å². The van der Waals surface area contributed by atoms with Crippen molar-refractivity contribution in [3.63, 3.8) is 0 Å². The van der Waals surface area contributed by atoms with E-state index in [1.807, 2.05) is 21.1 Å². The van der Waals surface area contributed by atoms with Gasteiger partial charge in [0, 0.05) is 12.8 Å². The van der Waals surface area contributed by atoms with E-state index in [1.54, 1.807) is 0 Å². The normalized spacial score (nSPS) is 13.7. The van der Waals surface area contributed by atoms with Gasteiger partial charge in [0.1, 0.15) is 19.8 Å². The Hall–Kier alpha value is -2.55. The minimum Gasteiger partial charge on any atom is -0.462 e. The zero-order valence-electron chi connectivity index (χ0n) is 49.5. The van der Waals surface area contributed by atoms with E-state index in [2.05, 4.69) is 86.8 Å². The van der Waals surface area contributed by atoms with Crippen LogP contribution in [0.15, 0.2) is 72.9 Å². The summed E-state index contributed by atoms with van der Waals surface area (Å²) in [6.07, 6.45) is 74.3. The second-order valence-corrected chi connectivity index (χ2v) is 23.5. The van der Waals surface area contributed by atoms with Crippen molar-refractivity contribution in [1.82, 2.24) is 0 Å². The fraction of sp³-hybridized carbons (Fsp3) is 0.785. The molecule has 0 fully saturated rings. The Morgan fingerprint density at radius 1 is 0.427 bits per heavy atom. The van der Waals surface area contributed by atoms with Crippen LogP contribution in [0.3, 0.4) is 0 Å². The summed E-state index contributed by atoms with van der Waals surface area (Å²) in [6.45, 7) is 4.28. The van der Waals surface area contributed by atoms with Crippen LogP contribution in [0.25, 0.3) is 0 Å². The number of hydrogen-bond donors (Lipinski definition) is 1. The molecular weight excluding hydrogens is 954 g/mol. The Labute approximate surface area is 463 Å². The van der Waals surface area contributed by atoms with Crippen LogP contribution in [-0.4, -0.2) is 74.9 Å². The summed E-state index contributed by atoms with van der Waals surface area (Å²) in [5.41, 5.74) is 0. The van der Waals surface area contributed by atoms with Crippen LogP contribution in [-0.2, 0) is 32.7 Å². The third kappa shape index (κ3) is 60.5. The summed E-state index contributed by atoms with van der Waals surface area (Å²) in [4.78, 5) is 35.6. The highest BCUT2D eigenvalue weighted by atomic mass is 31.2. The van der Waals surface area contributed by atoms with Gasteiger partial charge in [0.2, 0.25) is 0 Å². The quantitative estimate of drug-likeness (QED) is 0.0211. The summed E-state index contributed by atoms with van der Waals surface area (Å²) in [5.74, 6) is -0.806. The molecule has 9 nitrogen and oxygen atoms in total. The molecular formula is C65H119NO8P+.